The van der Waals surface area contributed by atoms with E-state index in [2.05, 4.69) is 0 Å². The van der Waals surface area contributed by atoms with Crippen molar-refractivity contribution in [2.75, 3.05) is 11.4 Å². The van der Waals surface area contributed by atoms with Crippen LogP contribution < -0.4 is 4.90 Å². The monoisotopic (exact) mass is 321 g/mol. The Bertz CT molecular complexity index is 702. The van der Waals surface area contributed by atoms with Gasteiger partial charge in [-0.25, -0.2) is 0 Å². The molecule has 0 saturated carbocycles. The molecule has 5 heteroatoms. The van der Waals surface area contributed by atoms with Crippen LogP contribution in [-0.2, 0) is 11.3 Å². The predicted octanol–water partition coefficient (Wildman–Crippen LogP) is 4.18. The summed E-state index contributed by atoms with van der Waals surface area (Å²) in [7, 11) is 0. The van der Waals surface area contributed by atoms with Crippen LogP contribution in [0.2, 0.25) is 10.0 Å². The van der Waals surface area contributed by atoms with Crippen LogP contribution in [0.3, 0.4) is 0 Å². The molecule has 0 spiro atoms. The van der Waals surface area contributed by atoms with Crippen molar-refractivity contribution in [2.45, 2.75) is 12.5 Å². The molecule has 1 atom stereocenters. The molecule has 21 heavy (non-hydrogen) atoms. The van der Waals surface area contributed by atoms with Crippen LogP contribution in [0.4, 0.5) is 5.69 Å². The normalized spacial score (nSPS) is 16.9. The molecule has 1 heterocycles. The smallest absolute Gasteiger partial charge is 0.312 e. The Hall–Kier alpha value is -1.71. The number of anilines is 1. The zero-order valence-corrected chi connectivity index (χ0v) is 12.6. The first-order valence-electron chi connectivity index (χ1n) is 6.57. The number of carboxylic acids is 1. The molecule has 2 aromatic carbocycles. The van der Waals surface area contributed by atoms with Crippen molar-refractivity contribution in [2.24, 2.45) is 0 Å². The molecule has 2 aromatic rings. The molecule has 1 aliphatic heterocycles. The summed E-state index contributed by atoms with van der Waals surface area (Å²) in [5, 5.41) is 10.6. The molecule has 108 valence electrons. The maximum atomic E-state index is 11.4. The van der Waals surface area contributed by atoms with Crippen LogP contribution in [-0.4, -0.2) is 17.6 Å². The number of aliphatic carboxylic acids is 1. The second kappa shape index (κ2) is 5.58. The first kappa shape index (κ1) is 14.2. The van der Waals surface area contributed by atoms with Crippen molar-refractivity contribution in [1.82, 2.24) is 0 Å². The molecule has 3 rings (SSSR count). The highest BCUT2D eigenvalue weighted by molar-refractivity contribution is 6.33. The molecule has 0 aliphatic carbocycles. The fourth-order valence-corrected chi connectivity index (χ4v) is 3.09. The summed E-state index contributed by atoms with van der Waals surface area (Å²) in [5.41, 5.74) is 2.69. The van der Waals surface area contributed by atoms with E-state index in [1.807, 2.05) is 35.2 Å². The van der Waals surface area contributed by atoms with Crippen LogP contribution in [0, 0.1) is 0 Å². The number of hydrogen-bond acceptors (Lipinski definition) is 2. The van der Waals surface area contributed by atoms with Crippen molar-refractivity contribution in [3.63, 3.8) is 0 Å². The summed E-state index contributed by atoms with van der Waals surface area (Å²) < 4.78 is 0. The lowest BCUT2D eigenvalue weighted by Crippen LogP contribution is -2.24. The molecule has 0 amide bonds. The van der Waals surface area contributed by atoms with Crippen LogP contribution in [0.25, 0.3) is 0 Å². The van der Waals surface area contributed by atoms with E-state index in [1.165, 1.54) is 0 Å². The molecular weight excluding hydrogens is 309 g/mol. The number of halogens is 2. The number of carbonyl (C=O) groups is 1. The van der Waals surface area contributed by atoms with Gasteiger partial charge in [0.15, 0.2) is 0 Å². The zero-order chi connectivity index (χ0) is 15.0. The van der Waals surface area contributed by atoms with Gasteiger partial charge in [0.05, 0.1) is 0 Å². The van der Waals surface area contributed by atoms with Crippen molar-refractivity contribution >= 4 is 34.9 Å². The first-order valence-corrected chi connectivity index (χ1v) is 7.32. The fraction of sp³-hybridized carbons (Fsp3) is 0.188. The third-order valence-electron chi connectivity index (χ3n) is 3.72. The standard InChI is InChI=1S/C16H13Cl2NO2/c17-11-5-6-14(18)10(7-11)8-19-9-13(16(20)21)12-3-1-2-4-15(12)19/h1-7,13H,8-9H2,(H,20,21). The van der Waals surface area contributed by atoms with Gasteiger partial charge in [-0.1, -0.05) is 41.4 Å². The van der Waals surface area contributed by atoms with E-state index in [0.29, 0.717) is 23.1 Å². The van der Waals surface area contributed by atoms with Crippen LogP contribution in [0.5, 0.6) is 0 Å². The second-order valence-electron chi connectivity index (χ2n) is 5.07. The van der Waals surface area contributed by atoms with Gasteiger partial charge >= 0.3 is 5.97 Å². The zero-order valence-electron chi connectivity index (χ0n) is 11.1. The van der Waals surface area contributed by atoms with Crippen LogP contribution in [0.15, 0.2) is 42.5 Å². The minimum atomic E-state index is -0.804. The maximum absolute atomic E-state index is 11.4. The quantitative estimate of drug-likeness (QED) is 0.921. The van der Waals surface area contributed by atoms with E-state index in [0.717, 1.165) is 16.8 Å². The lowest BCUT2D eigenvalue weighted by molar-refractivity contribution is -0.138. The first-order chi connectivity index (χ1) is 10.1. The van der Waals surface area contributed by atoms with E-state index in [-0.39, 0.29) is 0 Å². The van der Waals surface area contributed by atoms with Gasteiger partial charge in [0.2, 0.25) is 0 Å². The molecule has 0 saturated heterocycles. The molecule has 0 bridgehead atoms. The van der Waals surface area contributed by atoms with Gasteiger partial charge in [0.25, 0.3) is 0 Å². The summed E-state index contributed by atoms with van der Waals surface area (Å²) in [6.45, 7) is 0.984. The predicted molar refractivity (Wildman–Crippen MR) is 84.3 cm³/mol. The number of para-hydroxylation sites is 1. The summed E-state index contributed by atoms with van der Waals surface area (Å²) in [5.74, 6) is -1.30. The minimum Gasteiger partial charge on any atom is -0.481 e. The van der Waals surface area contributed by atoms with Crippen molar-refractivity contribution < 1.29 is 9.90 Å². The lowest BCUT2D eigenvalue weighted by atomic mass is 10.0. The average molecular weight is 322 g/mol. The summed E-state index contributed by atoms with van der Waals surface area (Å²) >= 11 is 12.2. The largest absolute Gasteiger partial charge is 0.481 e. The highest BCUT2D eigenvalue weighted by Gasteiger charge is 2.33. The maximum Gasteiger partial charge on any atom is 0.312 e. The van der Waals surface area contributed by atoms with E-state index < -0.39 is 11.9 Å². The molecular formula is C16H13Cl2NO2. The summed E-state index contributed by atoms with van der Waals surface area (Å²) in [6.07, 6.45) is 0. The van der Waals surface area contributed by atoms with E-state index in [4.69, 9.17) is 23.2 Å². The number of carboxylic acid groups (broad SMARTS) is 1. The Kier molecular flexibility index (Phi) is 3.79. The molecule has 0 aromatic heterocycles. The Morgan fingerprint density at radius 1 is 1.24 bits per heavy atom. The summed E-state index contributed by atoms with van der Waals surface area (Å²) in [6, 6.07) is 12.9. The number of hydrogen-bond donors (Lipinski definition) is 1. The molecule has 0 fully saturated rings. The minimum absolute atomic E-state index is 0.442. The van der Waals surface area contributed by atoms with E-state index in [9.17, 15) is 9.90 Å². The Morgan fingerprint density at radius 3 is 2.76 bits per heavy atom. The van der Waals surface area contributed by atoms with Crippen LogP contribution in [0.1, 0.15) is 17.0 Å². The lowest BCUT2D eigenvalue weighted by Gasteiger charge is -2.20. The second-order valence-corrected chi connectivity index (χ2v) is 5.91. The summed E-state index contributed by atoms with van der Waals surface area (Å²) in [4.78, 5) is 13.4. The van der Waals surface area contributed by atoms with E-state index in [1.54, 1.807) is 12.1 Å². The molecule has 3 nitrogen and oxygen atoms in total. The topological polar surface area (TPSA) is 40.5 Å². The van der Waals surface area contributed by atoms with Gasteiger partial charge in [-0.15, -0.1) is 0 Å². The SMILES string of the molecule is O=C(O)C1CN(Cc2cc(Cl)ccc2Cl)c2ccccc21. The van der Waals surface area contributed by atoms with Gasteiger partial charge in [-0.2, -0.15) is 0 Å². The molecule has 1 N–H and O–H groups in total. The van der Waals surface area contributed by atoms with Gasteiger partial charge in [-0.05, 0) is 35.4 Å². The number of nitrogens with zero attached hydrogens (tertiary/aromatic N) is 1. The highest BCUT2D eigenvalue weighted by atomic mass is 35.5. The fourth-order valence-electron chi connectivity index (χ4n) is 2.72. The molecule has 0 radical (unpaired) electrons. The van der Waals surface area contributed by atoms with Gasteiger partial charge in [0.1, 0.15) is 5.92 Å². The van der Waals surface area contributed by atoms with Crippen LogP contribution >= 0.6 is 23.2 Å². The third-order valence-corrected chi connectivity index (χ3v) is 4.33. The van der Waals surface area contributed by atoms with Crippen molar-refractivity contribution in [3.05, 3.63) is 63.6 Å². The van der Waals surface area contributed by atoms with Crippen molar-refractivity contribution in [3.8, 4) is 0 Å². The number of benzene rings is 2. The van der Waals surface area contributed by atoms with E-state index >= 15 is 0 Å². The molecule has 1 unspecified atom stereocenters. The number of fused-ring (bicyclic) bond motifs is 1. The van der Waals surface area contributed by atoms with Gasteiger partial charge < -0.3 is 10.0 Å². The Balaban J connectivity index is 1.94. The third kappa shape index (κ3) is 2.71. The average Bonchev–Trinajstić information content (AvgIpc) is 2.82. The number of rotatable bonds is 3. The highest BCUT2D eigenvalue weighted by Crippen LogP contribution is 2.37. The van der Waals surface area contributed by atoms with Crippen molar-refractivity contribution in [1.29, 1.82) is 0 Å². The Morgan fingerprint density at radius 2 is 2.00 bits per heavy atom. The van der Waals surface area contributed by atoms with Gasteiger partial charge in [0, 0.05) is 28.8 Å². The van der Waals surface area contributed by atoms with Gasteiger partial charge in [-0.3, -0.25) is 4.79 Å². The molecule has 1 aliphatic rings. The Labute approximate surface area is 132 Å².